The van der Waals surface area contributed by atoms with Gasteiger partial charge in [0.05, 0.1) is 20.3 Å². The Hall–Kier alpha value is -4.34. The maximum Gasteiger partial charge on any atom is 0.460 e. The fraction of sp³-hybridized carbons (Fsp3) is 0.750. The lowest BCUT2D eigenvalue weighted by Crippen LogP contribution is -2.74. The highest BCUT2D eigenvalue weighted by Crippen LogP contribution is 2.64. The Kier molecular flexibility index (Phi) is 15.3. The molecule has 5 atom stereocenters. The molecule has 1 aliphatic heterocycles. The summed E-state index contributed by atoms with van der Waals surface area (Å²) in [6, 6.07) is -1.77. The van der Waals surface area contributed by atoms with Gasteiger partial charge < -0.3 is 33.7 Å². The topological polar surface area (TPSA) is 153 Å². The van der Waals surface area contributed by atoms with Crippen LogP contribution in [0.5, 0.6) is 0 Å². The highest BCUT2D eigenvalue weighted by atomic mass is 19.4. The lowest BCUT2D eigenvalue weighted by atomic mass is 9.88. The van der Waals surface area contributed by atoms with Crippen LogP contribution < -0.4 is 5.32 Å². The van der Waals surface area contributed by atoms with Gasteiger partial charge >= 0.3 is 71.5 Å². The maximum atomic E-state index is 14.5. The van der Waals surface area contributed by atoms with Crippen LogP contribution in [0.15, 0.2) is 11.8 Å². The Bertz CT molecular complexity index is 1540. The summed E-state index contributed by atoms with van der Waals surface area (Å²) in [6.45, 7) is -0.772. The minimum absolute atomic E-state index is 0.604. The molecule has 0 saturated carbocycles. The van der Waals surface area contributed by atoms with Gasteiger partial charge in [-0.25, -0.2) is 4.79 Å². The van der Waals surface area contributed by atoms with Gasteiger partial charge in [-0.1, -0.05) is 0 Å². The van der Waals surface area contributed by atoms with E-state index < -0.39 is 133 Å². The monoisotopic (exact) mass is 877 g/mol. The van der Waals surface area contributed by atoms with Gasteiger partial charge in [0.25, 0.3) is 0 Å². The first-order valence-corrected chi connectivity index (χ1v) is 14.9. The van der Waals surface area contributed by atoms with Gasteiger partial charge in [-0.3, -0.25) is 19.2 Å². The van der Waals surface area contributed by atoms with Crippen LogP contribution in [0.25, 0.3) is 0 Å². The first-order valence-electron chi connectivity index (χ1n) is 14.9. The highest BCUT2D eigenvalue weighted by Gasteiger charge is 2.95. The van der Waals surface area contributed by atoms with Crippen molar-refractivity contribution in [2.45, 2.75) is 112 Å². The number of carbonyl (C=O) groups is 5. The second-order valence-corrected chi connectivity index (χ2v) is 11.6. The van der Waals surface area contributed by atoms with E-state index in [1.807, 2.05) is 0 Å². The van der Waals surface area contributed by atoms with Crippen LogP contribution >= 0.6 is 0 Å². The molecule has 0 aromatic carbocycles. The zero-order valence-electron chi connectivity index (χ0n) is 29.0. The lowest BCUT2D eigenvalue weighted by Gasteiger charge is -2.42. The number of nitrogens with one attached hydrogen (secondary N) is 1. The van der Waals surface area contributed by atoms with Gasteiger partial charge in [0.2, 0.25) is 11.7 Å². The molecule has 1 N–H and O–H groups in total. The molecule has 1 heterocycles. The van der Waals surface area contributed by atoms with Crippen molar-refractivity contribution in [3.63, 3.8) is 0 Å². The minimum atomic E-state index is -8.82. The van der Waals surface area contributed by atoms with Crippen LogP contribution in [-0.2, 0) is 52.4 Å². The average molecular weight is 877 g/mol. The number of halogens is 17. The summed E-state index contributed by atoms with van der Waals surface area (Å²) in [6.07, 6.45) is -18.6. The van der Waals surface area contributed by atoms with Crippen LogP contribution in [0, 0.1) is 0 Å². The molecule has 0 bridgehead atoms. The Labute approximate surface area is 307 Å². The molecule has 1 rings (SSSR count). The van der Waals surface area contributed by atoms with Crippen molar-refractivity contribution in [2.24, 2.45) is 0 Å². The largest absolute Gasteiger partial charge is 0.477 e. The van der Waals surface area contributed by atoms with Gasteiger partial charge in [-0.15, -0.1) is 0 Å². The molecule has 0 aromatic rings. The fourth-order valence-electron chi connectivity index (χ4n) is 4.59. The van der Waals surface area contributed by atoms with E-state index in [-0.39, 0.29) is 0 Å². The third-order valence-corrected chi connectivity index (χ3v) is 7.28. The molecule has 12 nitrogen and oxygen atoms in total. The number of rotatable bonds is 18. The third-order valence-electron chi connectivity index (χ3n) is 7.28. The minimum Gasteiger partial charge on any atom is -0.477 e. The predicted octanol–water partition coefficient (Wildman–Crippen LogP) is 5.16. The molecule has 0 aromatic heterocycles. The molecule has 1 amide bonds. The van der Waals surface area contributed by atoms with Crippen molar-refractivity contribution in [1.29, 1.82) is 0 Å². The molecule has 29 heteroatoms. The smallest absolute Gasteiger partial charge is 0.460 e. The van der Waals surface area contributed by atoms with Gasteiger partial charge in [0, 0.05) is 40.2 Å². The standard InChI is InChI=1S/C28H28F17NO11/c1-10(47)46-17-14(54-11(2)48)8-15(20(51)52-5)57-19(17)18(56-13(4)50)16(55-12(3)49)9-53-7-6-21(29,30)22(31,32)23(33,34)24(35,36)25(37,38)26(39,40)27(41,42)28(43,44)45/h8,14,16-19H,6-7,9H2,1-5H3,(H,46,47)/t14-,16+,17+,18+,19+/m0/s1. The zero-order valence-corrected chi connectivity index (χ0v) is 29.0. The first kappa shape index (κ1) is 50.7. The number of methoxy groups -OCH3 is 1. The normalized spacial score (nSPS) is 20.0. The Morgan fingerprint density at radius 2 is 1.14 bits per heavy atom. The SMILES string of the molecule is COC(=O)C1=C[C@H](OC(C)=O)[C@@H](NC(C)=O)[C@H]([C@H](OC(C)=O)[C@@H](COCCC(F)(F)C(F)(F)C(F)(F)C(F)(F)C(F)(F)C(F)(F)C(F)(F)C(F)(F)F)OC(C)=O)O1. The highest BCUT2D eigenvalue weighted by molar-refractivity contribution is 5.86. The number of hydrogen-bond donors (Lipinski definition) is 1. The second-order valence-electron chi connectivity index (χ2n) is 11.6. The second kappa shape index (κ2) is 17.3. The fourth-order valence-corrected chi connectivity index (χ4v) is 4.59. The van der Waals surface area contributed by atoms with Crippen LogP contribution in [-0.4, -0.2) is 128 Å². The van der Waals surface area contributed by atoms with Crippen LogP contribution in [0.2, 0.25) is 0 Å². The van der Waals surface area contributed by atoms with Crippen molar-refractivity contribution >= 4 is 29.8 Å². The zero-order chi connectivity index (χ0) is 45.1. The Morgan fingerprint density at radius 3 is 1.54 bits per heavy atom. The molecule has 0 unspecified atom stereocenters. The quantitative estimate of drug-likeness (QED) is 0.0842. The van der Waals surface area contributed by atoms with Crippen molar-refractivity contribution < 1.29 is 127 Å². The van der Waals surface area contributed by atoms with Gasteiger partial charge in [-0.2, -0.15) is 74.6 Å². The summed E-state index contributed by atoms with van der Waals surface area (Å²) < 4.78 is 261. The van der Waals surface area contributed by atoms with Crippen LogP contribution in [0.1, 0.15) is 34.1 Å². The predicted molar refractivity (Wildman–Crippen MR) is 145 cm³/mol. The van der Waals surface area contributed by atoms with E-state index in [9.17, 15) is 98.6 Å². The van der Waals surface area contributed by atoms with E-state index in [0.29, 0.717) is 13.8 Å². The maximum absolute atomic E-state index is 14.5. The Morgan fingerprint density at radius 1 is 0.684 bits per heavy atom. The molecular formula is C28H28F17NO11. The number of amides is 1. The van der Waals surface area contributed by atoms with Crippen molar-refractivity contribution in [3.8, 4) is 0 Å². The summed E-state index contributed by atoms with van der Waals surface area (Å²) in [5.41, 5.74) is 0. The summed E-state index contributed by atoms with van der Waals surface area (Å²) in [4.78, 5) is 60.2. The van der Waals surface area contributed by atoms with Gasteiger partial charge in [-0.05, 0) is 0 Å². The van der Waals surface area contributed by atoms with Crippen LogP contribution in [0.3, 0.4) is 0 Å². The number of ether oxygens (including phenoxy) is 6. The number of esters is 4. The number of alkyl halides is 17. The van der Waals surface area contributed by atoms with E-state index in [1.165, 1.54) is 0 Å². The van der Waals surface area contributed by atoms with E-state index in [1.54, 1.807) is 0 Å². The van der Waals surface area contributed by atoms with E-state index in [2.05, 4.69) is 14.8 Å². The molecule has 330 valence electrons. The molecule has 0 fully saturated rings. The molecular weight excluding hydrogens is 849 g/mol. The molecule has 0 saturated heterocycles. The van der Waals surface area contributed by atoms with E-state index in [4.69, 9.17) is 18.9 Å². The van der Waals surface area contributed by atoms with Gasteiger partial charge in [0.15, 0.2) is 18.3 Å². The summed E-state index contributed by atoms with van der Waals surface area (Å²) >= 11 is 0. The van der Waals surface area contributed by atoms with Crippen molar-refractivity contribution in [2.75, 3.05) is 20.3 Å². The van der Waals surface area contributed by atoms with Crippen molar-refractivity contribution in [3.05, 3.63) is 11.8 Å². The van der Waals surface area contributed by atoms with Crippen LogP contribution in [0.4, 0.5) is 74.6 Å². The summed E-state index contributed by atoms with van der Waals surface area (Å²) in [5, 5.41) is 2.17. The molecule has 57 heavy (non-hydrogen) atoms. The molecule has 1 aliphatic rings. The van der Waals surface area contributed by atoms with Gasteiger partial charge in [0.1, 0.15) is 12.1 Å². The summed E-state index contributed by atoms with van der Waals surface area (Å²) in [5.74, 6) is -65.0. The van der Waals surface area contributed by atoms with E-state index in [0.717, 1.165) is 27.0 Å². The average Bonchev–Trinajstić information content (AvgIpc) is 3.03. The number of hydrogen-bond acceptors (Lipinski definition) is 11. The van der Waals surface area contributed by atoms with Crippen molar-refractivity contribution in [1.82, 2.24) is 5.32 Å². The Balaban J connectivity index is 3.58. The summed E-state index contributed by atoms with van der Waals surface area (Å²) in [7, 11) is 0.796. The van der Waals surface area contributed by atoms with E-state index >= 15 is 0 Å². The first-order chi connectivity index (χ1) is 25.4. The molecule has 0 aliphatic carbocycles. The third kappa shape index (κ3) is 10.0. The number of carbonyl (C=O) groups excluding carboxylic acids is 5. The molecule has 0 spiro atoms. The molecule has 0 radical (unpaired) electrons. The lowest BCUT2D eigenvalue weighted by molar-refractivity contribution is -0.462.